The fourth-order valence-corrected chi connectivity index (χ4v) is 5.84. The van der Waals surface area contributed by atoms with Crippen molar-refractivity contribution in [3.63, 3.8) is 0 Å². The molecule has 3 amide bonds. The van der Waals surface area contributed by atoms with E-state index in [9.17, 15) is 19.5 Å². The van der Waals surface area contributed by atoms with Crippen LogP contribution in [0.25, 0.3) is 0 Å². The van der Waals surface area contributed by atoms with Crippen molar-refractivity contribution >= 4 is 39.3 Å². The number of benzene rings is 2. The van der Waals surface area contributed by atoms with Crippen molar-refractivity contribution in [2.24, 2.45) is 11.8 Å². The Morgan fingerprint density at radius 2 is 1.84 bits per heavy atom. The standard InChI is InChI=1S/C24H24BrN3O4/c1-3-12(2)28-21(30)19-18(10-13-4-7-15(29)8-5-13)27-24(20(19)22(28)31)16-11-14(25)6-9-17(16)26-23(24)32/h4-9,11-12,18-20,27,29H,3,10H2,1-2H3,(H,26,32)/t12?,18?,19-,20+,24?/m1/s1. The molecule has 8 heteroatoms. The van der Waals surface area contributed by atoms with E-state index in [1.165, 1.54) is 4.90 Å². The van der Waals surface area contributed by atoms with Gasteiger partial charge >= 0.3 is 0 Å². The number of anilines is 1. The summed E-state index contributed by atoms with van der Waals surface area (Å²) in [5.74, 6) is -2.13. The number of fused-ring (bicyclic) bond motifs is 4. The van der Waals surface area contributed by atoms with Gasteiger partial charge in [0.1, 0.15) is 11.3 Å². The lowest BCUT2D eigenvalue weighted by atomic mass is 9.76. The van der Waals surface area contributed by atoms with Gasteiger partial charge in [0, 0.05) is 27.8 Å². The SMILES string of the molecule is CCC(C)N1C(=O)[C@@H]2C(Cc3ccc(O)cc3)NC3(C(=O)Nc4ccc(Br)cc43)[C@@H]2C1=O. The molecule has 0 bridgehead atoms. The summed E-state index contributed by atoms with van der Waals surface area (Å²) in [6, 6.07) is 11.6. The van der Waals surface area contributed by atoms with Crippen LogP contribution in [0.5, 0.6) is 5.75 Å². The highest BCUT2D eigenvalue weighted by Gasteiger charge is 2.70. The normalized spacial score (nSPS) is 29.4. The maximum Gasteiger partial charge on any atom is 0.250 e. The van der Waals surface area contributed by atoms with E-state index in [2.05, 4.69) is 26.6 Å². The van der Waals surface area contributed by atoms with Crippen LogP contribution in [0.3, 0.4) is 0 Å². The van der Waals surface area contributed by atoms with Crippen LogP contribution in [0.1, 0.15) is 31.4 Å². The first-order valence-electron chi connectivity index (χ1n) is 10.8. The highest BCUT2D eigenvalue weighted by molar-refractivity contribution is 9.10. The number of carbonyl (C=O) groups excluding carboxylic acids is 3. The van der Waals surface area contributed by atoms with Gasteiger partial charge in [-0.2, -0.15) is 0 Å². The third-order valence-corrected chi connectivity index (χ3v) is 7.63. The molecule has 3 heterocycles. The van der Waals surface area contributed by atoms with Crippen molar-refractivity contribution in [3.8, 4) is 5.75 Å². The van der Waals surface area contributed by atoms with Gasteiger partial charge in [0.05, 0.1) is 11.8 Å². The van der Waals surface area contributed by atoms with Crippen LogP contribution in [-0.4, -0.2) is 39.8 Å². The summed E-state index contributed by atoms with van der Waals surface area (Å²) in [6.07, 6.45) is 1.10. The van der Waals surface area contributed by atoms with E-state index in [1.54, 1.807) is 24.3 Å². The first kappa shape index (κ1) is 21.2. The molecule has 2 aromatic carbocycles. The molecule has 166 valence electrons. The minimum Gasteiger partial charge on any atom is -0.508 e. The number of phenolic OH excluding ortho intramolecular Hbond substituents is 1. The Morgan fingerprint density at radius 3 is 2.53 bits per heavy atom. The van der Waals surface area contributed by atoms with E-state index >= 15 is 0 Å². The van der Waals surface area contributed by atoms with Crippen LogP contribution in [-0.2, 0) is 26.3 Å². The first-order valence-corrected chi connectivity index (χ1v) is 11.6. The highest BCUT2D eigenvalue weighted by Crippen LogP contribution is 2.54. The molecule has 3 aliphatic rings. The van der Waals surface area contributed by atoms with Gasteiger partial charge in [0.2, 0.25) is 17.7 Å². The molecule has 3 N–H and O–H groups in total. The second-order valence-corrected chi connectivity index (χ2v) is 9.80. The maximum absolute atomic E-state index is 13.7. The summed E-state index contributed by atoms with van der Waals surface area (Å²) in [7, 11) is 0. The van der Waals surface area contributed by atoms with Gasteiger partial charge in [0.25, 0.3) is 0 Å². The zero-order valence-corrected chi connectivity index (χ0v) is 19.3. The third-order valence-electron chi connectivity index (χ3n) is 7.13. The number of nitrogens with zero attached hydrogens (tertiary/aromatic N) is 1. The van der Waals surface area contributed by atoms with Gasteiger partial charge in [-0.25, -0.2) is 0 Å². The largest absolute Gasteiger partial charge is 0.508 e. The Morgan fingerprint density at radius 1 is 1.12 bits per heavy atom. The molecule has 7 nitrogen and oxygen atoms in total. The number of likely N-dealkylation sites (tertiary alicyclic amines) is 1. The molecule has 5 atom stereocenters. The average Bonchev–Trinajstić information content (AvgIpc) is 3.34. The number of amides is 3. The Hall–Kier alpha value is -2.71. The van der Waals surface area contributed by atoms with Gasteiger partial charge in [-0.3, -0.25) is 24.6 Å². The molecular formula is C24H24BrN3O4. The van der Waals surface area contributed by atoms with Gasteiger partial charge in [-0.05, 0) is 55.7 Å². The second-order valence-electron chi connectivity index (χ2n) is 8.88. The molecule has 0 aliphatic carbocycles. The lowest BCUT2D eigenvalue weighted by Crippen LogP contribution is -2.54. The van der Waals surface area contributed by atoms with Crippen LogP contribution in [0, 0.1) is 11.8 Å². The molecule has 3 aliphatic heterocycles. The molecule has 2 fully saturated rings. The van der Waals surface area contributed by atoms with E-state index in [4.69, 9.17) is 0 Å². The summed E-state index contributed by atoms with van der Waals surface area (Å²) >= 11 is 3.48. The Bertz CT molecular complexity index is 1130. The average molecular weight is 498 g/mol. The fourth-order valence-electron chi connectivity index (χ4n) is 5.47. The van der Waals surface area contributed by atoms with Gasteiger partial charge in [0.15, 0.2) is 0 Å². The summed E-state index contributed by atoms with van der Waals surface area (Å²) < 4.78 is 0.794. The maximum atomic E-state index is 13.7. The van der Waals surface area contributed by atoms with E-state index in [-0.39, 0.29) is 29.5 Å². The van der Waals surface area contributed by atoms with Crippen molar-refractivity contribution in [3.05, 3.63) is 58.1 Å². The molecule has 3 unspecified atom stereocenters. The van der Waals surface area contributed by atoms with Crippen molar-refractivity contribution < 1.29 is 19.5 Å². The van der Waals surface area contributed by atoms with Crippen LogP contribution in [0.15, 0.2) is 46.9 Å². The van der Waals surface area contributed by atoms with Crippen LogP contribution in [0.4, 0.5) is 5.69 Å². The molecule has 32 heavy (non-hydrogen) atoms. The summed E-state index contributed by atoms with van der Waals surface area (Å²) in [4.78, 5) is 42.1. The Labute approximate surface area is 194 Å². The molecule has 0 saturated carbocycles. The zero-order chi connectivity index (χ0) is 22.8. The molecule has 0 radical (unpaired) electrons. The van der Waals surface area contributed by atoms with Crippen molar-refractivity contribution in [2.45, 2.75) is 44.3 Å². The van der Waals surface area contributed by atoms with E-state index in [0.29, 0.717) is 24.1 Å². The molecule has 5 rings (SSSR count). The van der Waals surface area contributed by atoms with Gasteiger partial charge in [-0.1, -0.05) is 35.0 Å². The number of nitrogens with one attached hydrogen (secondary N) is 2. The number of hydrogen-bond donors (Lipinski definition) is 3. The van der Waals surface area contributed by atoms with E-state index < -0.39 is 23.4 Å². The van der Waals surface area contributed by atoms with Crippen LogP contribution < -0.4 is 10.6 Å². The number of halogens is 1. The highest BCUT2D eigenvalue weighted by atomic mass is 79.9. The zero-order valence-electron chi connectivity index (χ0n) is 17.8. The lowest BCUT2D eigenvalue weighted by Gasteiger charge is -2.31. The number of hydrogen-bond acceptors (Lipinski definition) is 5. The molecule has 2 saturated heterocycles. The first-order chi connectivity index (χ1) is 15.3. The number of imide groups is 1. The predicted molar refractivity (Wildman–Crippen MR) is 122 cm³/mol. The van der Waals surface area contributed by atoms with E-state index in [1.807, 2.05) is 32.0 Å². The van der Waals surface area contributed by atoms with E-state index in [0.717, 1.165) is 10.0 Å². The molecule has 2 aromatic rings. The summed E-state index contributed by atoms with van der Waals surface area (Å²) in [6.45, 7) is 3.81. The molecule has 0 aromatic heterocycles. The number of phenols is 1. The topological polar surface area (TPSA) is 98.7 Å². The quantitative estimate of drug-likeness (QED) is 0.564. The van der Waals surface area contributed by atoms with Crippen molar-refractivity contribution in [2.75, 3.05) is 5.32 Å². The van der Waals surface area contributed by atoms with Crippen molar-refractivity contribution in [1.82, 2.24) is 10.2 Å². The van der Waals surface area contributed by atoms with Crippen LogP contribution >= 0.6 is 15.9 Å². The second kappa shape index (κ2) is 7.42. The predicted octanol–water partition coefficient (Wildman–Crippen LogP) is 2.92. The monoisotopic (exact) mass is 497 g/mol. The van der Waals surface area contributed by atoms with Gasteiger partial charge in [-0.15, -0.1) is 0 Å². The van der Waals surface area contributed by atoms with Crippen LogP contribution in [0.2, 0.25) is 0 Å². The number of carbonyl (C=O) groups is 3. The minimum absolute atomic E-state index is 0.159. The third kappa shape index (κ3) is 2.85. The Balaban J connectivity index is 1.64. The lowest BCUT2D eigenvalue weighted by molar-refractivity contribution is -0.145. The smallest absolute Gasteiger partial charge is 0.250 e. The number of aromatic hydroxyl groups is 1. The van der Waals surface area contributed by atoms with Crippen molar-refractivity contribution in [1.29, 1.82) is 0 Å². The summed E-state index contributed by atoms with van der Waals surface area (Å²) in [5.41, 5.74) is 0.941. The summed E-state index contributed by atoms with van der Waals surface area (Å²) in [5, 5.41) is 16.0. The van der Waals surface area contributed by atoms with Gasteiger partial charge < -0.3 is 10.4 Å². The Kier molecular flexibility index (Phi) is 4.90. The number of rotatable bonds is 4. The fraction of sp³-hybridized carbons (Fsp3) is 0.375. The molecule has 1 spiro atoms. The molecular weight excluding hydrogens is 474 g/mol. The minimum atomic E-state index is -1.31.